The fourth-order valence-corrected chi connectivity index (χ4v) is 3.76. The molecule has 3 heterocycles. The maximum absolute atomic E-state index is 11.9. The number of hydrogen-bond donors (Lipinski definition) is 1. The molecule has 0 amide bonds. The van der Waals surface area contributed by atoms with Crippen LogP contribution in [-0.2, 0) is 0 Å². The average molecular weight is 414 g/mol. The monoisotopic (exact) mass is 413 g/mol. The fourth-order valence-electron chi connectivity index (χ4n) is 3.06. The van der Waals surface area contributed by atoms with Crippen LogP contribution in [0.25, 0.3) is 0 Å². The highest BCUT2D eigenvalue weighted by Crippen LogP contribution is 2.30. The minimum atomic E-state index is -1.58. The zero-order valence-corrected chi connectivity index (χ0v) is 17.7. The van der Waals surface area contributed by atoms with Gasteiger partial charge in [-0.1, -0.05) is 13.0 Å². The summed E-state index contributed by atoms with van der Waals surface area (Å²) < 4.78 is 20.1. The molecule has 0 saturated carbocycles. The molecule has 0 aliphatic heterocycles. The smallest absolute Gasteiger partial charge is 0.239 e. The molecule has 1 atom stereocenters. The highest BCUT2D eigenvalue weighted by atomic mass is 32.2. The molecule has 1 unspecified atom stereocenters. The Labute approximate surface area is 174 Å². The number of nitrogens with zero attached hydrogens (tertiary/aromatic N) is 6. The summed E-state index contributed by atoms with van der Waals surface area (Å²) >= 11 is -1.58. The fraction of sp³-hybridized carbons (Fsp3) is 0.400. The van der Waals surface area contributed by atoms with Crippen molar-refractivity contribution >= 4 is 34.3 Å². The summed E-state index contributed by atoms with van der Waals surface area (Å²) in [7, 11) is 1.88. The van der Waals surface area contributed by atoms with E-state index in [9.17, 15) is 4.55 Å². The van der Waals surface area contributed by atoms with Gasteiger partial charge in [-0.05, 0) is 43.5 Å². The van der Waals surface area contributed by atoms with E-state index in [4.69, 9.17) is 0 Å². The van der Waals surface area contributed by atoms with E-state index < -0.39 is 11.1 Å². The van der Waals surface area contributed by atoms with Gasteiger partial charge in [-0.2, -0.15) is 0 Å². The van der Waals surface area contributed by atoms with Crippen molar-refractivity contribution in [2.45, 2.75) is 26.2 Å². The number of hydrogen-bond acceptors (Lipinski definition) is 8. The Bertz CT molecular complexity index is 860. The second-order valence-electron chi connectivity index (χ2n) is 6.66. The van der Waals surface area contributed by atoms with E-state index in [1.54, 1.807) is 12.4 Å². The van der Waals surface area contributed by atoms with Crippen LogP contribution in [0.1, 0.15) is 26.2 Å². The number of nitrogens with one attached hydrogen (secondary N) is 1. The van der Waals surface area contributed by atoms with Crippen LogP contribution in [0.5, 0.6) is 0 Å². The Morgan fingerprint density at radius 1 is 1.03 bits per heavy atom. The van der Waals surface area contributed by atoms with Crippen LogP contribution in [0.2, 0.25) is 0 Å². The molecule has 29 heavy (non-hydrogen) atoms. The van der Waals surface area contributed by atoms with Crippen molar-refractivity contribution in [1.29, 1.82) is 0 Å². The Morgan fingerprint density at radius 2 is 1.86 bits per heavy atom. The van der Waals surface area contributed by atoms with E-state index in [-0.39, 0.29) is 0 Å². The van der Waals surface area contributed by atoms with Crippen molar-refractivity contribution in [1.82, 2.24) is 18.7 Å². The first-order valence-corrected chi connectivity index (χ1v) is 10.9. The average Bonchev–Trinajstić information content (AvgIpc) is 3.14. The van der Waals surface area contributed by atoms with E-state index in [0.29, 0.717) is 11.6 Å². The van der Waals surface area contributed by atoms with Crippen molar-refractivity contribution in [3.05, 3.63) is 48.9 Å². The highest BCUT2D eigenvalue weighted by Gasteiger charge is 2.20. The Hall–Kier alpha value is -2.78. The molecule has 0 aliphatic rings. The molecule has 9 heteroatoms. The quantitative estimate of drug-likeness (QED) is 0.374. The number of rotatable bonds is 11. The molecule has 8 nitrogen and oxygen atoms in total. The summed E-state index contributed by atoms with van der Waals surface area (Å²) in [5.74, 6) is 2.17. The third kappa shape index (κ3) is 5.85. The predicted molar refractivity (Wildman–Crippen MR) is 117 cm³/mol. The van der Waals surface area contributed by atoms with E-state index in [1.165, 1.54) is 0 Å². The van der Waals surface area contributed by atoms with Crippen molar-refractivity contribution < 1.29 is 4.55 Å². The maximum Gasteiger partial charge on any atom is 0.239 e. The molecule has 0 saturated heterocycles. The summed E-state index contributed by atoms with van der Waals surface area (Å²) in [6.45, 7) is 4.85. The van der Waals surface area contributed by atoms with Crippen LogP contribution in [0.4, 0.5) is 23.1 Å². The zero-order valence-electron chi connectivity index (χ0n) is 16.9. The molecular weight excluding hydrogens is 386 g/mol. The molecule has 0 radical (unpaired) electrons. The van der Waals surface area contributed by atoms with Gasteiger partial charge in [0, 0.05) is 59.7 Å². The molecule has 0 fully saturated rings. The molecule has 0 spiro atoms. The van der Waals surface area contributed by atoms with Gasteiger partial charge in [0.15, 0.2) is 11.1 Å². The first-order valence-electron chi connectivity index (χ1n) is 9.82. The second-order valence-corrected chi connectivity index (χ2v) is 7.49. The van der Waals surface area contributed by atoms with Crippen LogP contribution < -0.4 is 15.1 Å². The molecule has 3 rings (SSSR count). The van der Waals surface area contributed by atoms with E-state index in [0.717, 1.165) is 50.4 Å². The number of aromatic nitrogens is 4. The second kappa shape index (κ2) is 10.7. The van der Waals surface area contributed by atoms with Gasteiger partial charge >= 0.3 is 0 Å². The molecule has 154 valence electrons. The van der Waals surface area contributed by atoms with Crippen LogP contribution in [0.3, 0.4) is 0 Å². The lowest BCUT2D eigenvalue weighted by Gasteiger charge is -2.23. The van der Waals surface area contributed by atoms with Crippen LogP contribution in [0.15, 0.2) is 48.9 Å². The van der Waals surface area contributed by atoms with Gasteiger partial charge in [0.25, 0.3) is 0 Å². The summed E-state index contributed by atoms with van der Waals surface area (Å²) in [5, 5.41) is 3.29. The summed E-state index contributed by atoms with van der Waals surface area (Å²) in [6.07, 6.45) is 8.33. The Kier molecular flexibility index (Phi) is 7.71. The zero-order chi connectivity index (χ0) is 20.5. The standard InChI is InChI=1S/C20H27N7OS/c1-3-15-27(18-8-4-5-11-22-18)16-7-6-12-23-19-20(25-29(28)24-19)26(2)17-9-13-21-14-10-17/h4-5,8-11,13-14H,3,6-7,12,15-16H2,1-2H3,(H,23,24). The van der Waals surface area contributed by atoms with Gasteiger partial charge in [-0.15, -0.1) is 0 Å². The minimum Gasteiger partial charge on any atom is -0.546 e. The lowest BCUT2D eigenvalue weighted by atomic mass is 10.2. The number of pyridine rings is 2. The topological polar surface area (TPSA) is 93.1 Å². The van der Waals surface area contributed by atoms with Crippen molar-refractivity contribution in [2.24, 2.45) is 0 Å². The SMILES string of the molecule is CCCN(CCCCNc1n[s+]([O-])nc1N(C)c1ccncc1)c1ccccn1. The van der Waals surface area contributed by atoms with E-state index in [1.807, 2.05) is 48.5 Å². The van der Waals surface area contributed by atoms with Crippen molar-refractivity contribution in [2.75, 3.05) is 41.8 Å². The van der Waals surface area contributed by atoms with Crippen LogP contribution in [0, 0.1) is 0 Å². The summed E-state index contributed by atoms with van der Waals surface area (Å²) in [5.41, 5.74) is 0.915. The van der Waals surface area contributed by atoms with Crippen molar-refractivity contribution in [3.63, 3.8) is 0 Å². The minimum absolute atomic E-state index is 0.567. The lowest BCUT2D eigenvalue weighted by molar-refractivity contribution is 0.585. The van der Waals surface area contributed by atoms with Crippen LogP contribution >= 0.6 is 11.1 Å². The van der Waals surface area contributed by atoms with E-state index >= 15 is 0 Å². The largest absolute Gasteiger partial charge is 0.546 e. The third-order valence-corrected chi connectivity index (χ3v) is 5.20. The molecule has 0 aliphatic carbocycles. The molecule has 0 bridgehead atoms. The van der Waals surface area contributed by atoms with Gasteiger partial charge in [-0.3, -0.25) is 4.98 Å². The first-order chi connectivity index (χ1) is 14.2. The lowest BCUT2D eigenvalue weighted by Crippen LogP contribution is -2.26. The summed E-state index contributed by atoms with van der Waals surface area (Å²) in [6, 6.07) is 9.76. The molecular formula is C20H27N7OS. The third-order valence-electron chi connectivity index (χ3n) is 4.53. The van der Waals surface area contributed by atoms with Gasteiger partial charge in [0.1, 0.15) is 5.82 Å². The molecule has 3 aromatic heterocycles. The molecule has 0 aromatic carbocycles. The predicted octanol–water partition coefficient (Wildman–Crippen LogP) is 3.87. The van der Waals surface area contributed by atoms with Gasteiger partial charge in [0.05, 0.1) is 0 Å². The van der Waals surface area contributed by atoms with Crippen molar-refractivity contribution in [3.8, 4) is 0 Å². The summed E-state index contributed by atoms with van der Waals surface area (Å²) in [4.78, 5) is 12.7. The Balaban J connectivity index is 1.52. The first kappa shape index (κ1) is 20.9. The van der Waals surface area contributed by atoms with Gasteiger partial charge in [-0.25, -0.2) is 4.98 Å². The highest BCUT2D eigenvalue weighted by molar-refractivity contribution is 7.14. The van der Waals surface area contributed by atoms with Gasteiger partial charge in [0.2, 0.25) is 11.6 Å². The number of unbranched alkanes of at least 4 members (excludes halogenated alkanes) is 1. The molecule has 3 aromatic rings. The Morgan fingerprint density at radius 3 is 2.59 bits per heavy atom. The van der Waals surface area contributed by atoms with Gasteiger partial charge < -0.3 is 19.7 Å². The number of anilines is 4. The normalized spacial score (nSPS) is 11.3. The molecule has 1 N–H and O–H groups in total. The van der Waals surface area contributed by atoms with E-state index in [2.05, 4.69) is 35.9 Å². The van der Waals surface area contributed by atoms with Crippen LogP contribution in [-0.4, -0.2) is 49.9 Å². The maximum atomic E-state index is 11.9.